The van der Waals surface area contributed by atoms with E-state index in [1.165, 1.54) is 43.4 Å². The number of carbonyl (C=O) groups is 1. The summed E-state index contributed by atoms with van der Waals surface area (Å²) in [6.45, 7) is 1.58. The van der Waals surface area contributed by atoms with Crippen LogP contribution >= 0.6 is 22.9 Å². The zero-order chi connectivity index (χ0) is 18.6. The van der Waals surface area contributed by atoms with E-state index >= 15 is 0 Å². The van der Waals surface area contributed by atoms with E-state index in [9.17, 15) is 4.79 Å². The lowest BCUT2D eigenvalue weighted by Crippen LogP contribution is -2.41. The summed E-state index contributed by atoms with van der Waals surface area (Å²) in [4.78, 5) is 19.1. The third-order valence-corrected chi connectivity index (χ3v) is 7.12. The number of hydrogen-bond acceptors (Lipinski definition) is 4. The lowest BCUT2D eigenvalue weighted by atomic mass is 9.86. The zero-order valence-corrected chi connectivity index (χ0v) is 17.2. The smallest absolute Gasteiger partial charge is 0.274 e. The average Bonchev–Trinajstić information content (AvgIpc) is 3.11. The van der Waals surface area contributed by atoms with Gasteiger partial charge in [-0.1, -0.05) is 61.1 Å². The molecule has 2 fully saturated rings. The molecule has 0 atom stereocenters. The van der Waals surface area contributed by atoms with E-state index in [0.29, 0.717) is 22.5 Å². The van der Waals surface area contributed by atoms with Crippen molar-refractivity contribution in [1.29, 1.82) is 0 Å². The molecule has 27 heavy (non-hydrogen) atoms. The molecular formula is C21H27ClN2O2S. The van der Waals surface area contributed by atoms with E-state index in [4.69, 9.17) is 16.3 Å². The molecule has 1 aliphatic heterocycles. The molecule has 1 amide bonds. The Hall–Kier alpha value is -1.33. The van der Waals surface area contributed by atoms with Gasteiger partial charge in [0.2, 0.25) is 5.91 Å². The van der Waals surface area contributed by atoms with Crippen molar-refractivity contribution in [1.82, 2.24) is 9.88 Å². The molecule has 1 aliphatic carbocycles. The van der Waals surface area contributed by atoms with Crippen LogP contribution < -0.4 is 4.74 Å². The first-order valence-electron chi connectivity index (χ1n) is 10.2. The molecule has 0 N–H and O–H groups in total. The molecule has 2 aromatic rings. The van der Waals surface area contributed by atoms with Crippen LogP contribution in [0.1, 0.15) is 57.8 Å². The number of nitrogens with zero attached hydrogens (tertiary/aromatic N) is 2. The van der Waals surface area contributed by atoms with Gasteiger partial charge in [-0.15, -0.1) is 0 Å². The number of rotatable bonds is 5. The second-order valence-electron chi connectivity index (χ2n) is 7.81. The minimum atomic E-state index is 0.131. The molecule has 4 rings (SSSR count). The van der Waals surface area contributed by atoms with Crippen LogP contribution in [0.2, 0.25) is 5.02 Å². The molecule has 0 bridgehead atoms. The van der Waals surface area contributed by atoms with Gasteiger partial charge in [-0.3, -0.25) is 4.79 Å². The fourth-order valence-corrected chi connectivity index (χ4v) is 5.45. The van der Waals surface area contributed by atoms with Crippen molar-refractivity contribution >= 4 is 39.1 Å². The predicted molar refractivity (Wildman–Crippen MR) is 111 cm³/mol. The third-order valence-electron chi connectivity index (χ3n) is 5.90. The molecule has 4 nitrogen and oxygen atoms in total. The van der Waals surface area contributed by atoms with Gasteiger partial charge in [-0.05, 0) is 24.5 Å². The zero-order valence-electron chi connectivity index (χ0n) is 15.7. The minimum absolute atomic E-state index is 0.131. The van der Waals surface area contributed by atoms with Gasteiger partial charge >= 0.3 is 0 Å². The number of likely N-dealkylation sites (tertiary alicyclic amines) is 1. The first-order valence-corrected chi connectivity index (χ1v) is 11.4. The van der Waals surface area contributed by atoms with Gasteiger partial charge < -0.3 is 9.64 Å². The van der Waals surface area contributed by atoms with Crippen molar-refractivity contribution in [3.8, 4) is 5.19 Å². The van der Waals surface area contributed by atoms with Crippen molar-refractivity contribution in [2.24, 2.45) is 5.92 Å². The summed E-state index contributed by atoms with van der Waals surface area (Å²) in [5, 5.41) is 1.34. The van der Waals surface area contributed by atoms with Gasteiger partial charge in [0.25, 0.3) is 5.19 Å². The molecule has 1 aromatic carbocycles. The summed E-state index contributed by atoms with van der Waals surface area (Å²) in [6.07, 6.45) is 10.4. The van der Waals surface area contributed by atoms with Gasteiger partial charge in [-0.2, -0.15) is 0 Å². The average molecular weight is 407 g/mol. The highest BCUT2D eigenvalue weighted by Gasteiger charge is 2.25. The van der Waals surface area contributed by atoms with E-state index < -0.39 is 0 Å². The first-order chi connectivity index (χ1) is 13.2. The molecule has 0 unspecified atom stereocenters. The normalized spacial score (nSPS) is 19.5. The highest BCUT2D eigenvalue weighted by atomic mass is 35.5. The number of aromatic nitrogens is 1. The van der Waals surface area contributed by atoms with Crippen LogP contribution in [0.3, 0.4) is 0 Å². The van der Waals surface area contributed by atoms with Crippen LogP contribution in [0.4, 0.5) is 0 Å². The number of benzene rings is 1. The Kier molecular flexibility index (Phi) is 6.18. The molecule has 1 aromatic heterocycles. The number of carbonyl (C=O) groups excluding carboxylic acids is 1. The summed E-state index contributed by atoms with van der Waals surface area (Å²) in [5.41, 5.74) is 0.814. The van der Waals surface area contributed by atoms with E-state index in [-0.39, 0.29) is 6.10 Å². The van der Waals surface area contributed by atoms with Crippen LogP contribution in [0, 0.1) is 5.92 Å². The van der Waals surface area contributed by atoms with E-state index in [1.807, 2.05) is 23.1 Å². The van der Waals surface area contributed by atoms with E-state index in [2.05, 4.69) is 4.98 Å². The Bertz CT molecular complexity index is 780. The first kappa shape index (κ1) is 19.0. The van der Waals surface area contributed by atoms with Crippen molar-refractivity contribution < 1.29 is 9.53 Å². The number of thiazole rings is 1. The number of para-hydroxylation sites is 1. The fourth-order valence-electron chi connectivity index (χ4n) is 4.27. The Balaban J connectivity index is 1.24. The Morgan fingerprint density at radius 2 is 1.96 bits per heavy atom. The quantitative estimate of drug-likeness (QED) is 0.641. The van der Waals surface area contributed by atoms with Crippen LogP contribution in [-0.2, 0) is 4.79 Å². The molecule has 1 saturated heterocycles. The Morgan fingerprint density at radius 1 is 1.19 bits per heavy atom. The van der Waals surface area contributed by atoms with E-state index in [1.54, 1.807) is 0 Å². The SMILES string of the molecule is O=C(CCC1CCCCC1)N1CCC(Oc2nc3c(Cl)cccc3s2)CC1. The number of halogens is 1. The molecule has 1 saturated carbocycles. The lowest BCUT2D eigenvalue weighted by Gasteiger charge is -2.32. The summed E-state index contributed by atoms with van der Waals surface area (Å²) in [5.74, 6) is 1.10. The second kappa shape index (κ2) is 8.78. The summed E-state index contributed by atoms with van der Waals surface area (Å²) >= 11 is 7.74. The number of amides is 1. The largest absolute Gasteiger partial charge is 0.467 e. The van der Waals surface area contributed by atoms with Crippen LogP contribution in [0.25, 0.3) is 10.2 Å². The summed E-state index contributed by atoms with van der Waals surface area (Å²) < 4.78 is 7.14. The number of hydrogen-bond donors (Lipinski definition) is 0. The maximum atomic E-state index is 12.5. The van der Waals surface area contributed by atoms with Crippen molar-refractivity contribution in [2.45, 2.75) is 63.9 Å². The monoisotopic (exact) mass is 406 g/mol. The molecule has 2 heterocycles. The van der Waals surface area contributed by atoms with Crippen LogP contribution in [-0.4, -0.2) is 35.0 Å². The highest BCUT2D eigenvalue weighted by Crippen LogP contribution is 2.33. The van der Waals surface area contributed by atoms with Gasteiger partial charge in [0.1, 0.15) is 11.6 Å². The van der Waals surface area contributed by atoms with Gasteiger partial charge in [-0.25, -0.2) is 4.98 Å². The lowest BCUT2D eigenvalue weighted by molar-refractivity contribution is -0.133. The van der Waals surface area contributed by atoms with Crippen molar-refractivity contribution in [3.63, 3.8) is 0 Å². The number of ether oxygens (including phenoxy) is 1. The fraction of sp³-hybridized carbons (Fsp3) is 0.619. The maximum absolute atomic E-state index is 12.5. The van der Waals surface area contributed by atoms with Crippen molar-refractivity contribution in [3.05, 3.63) is 23.2 Å². The molecule has 0 radical (unpaired) electrons. The number of fused-ring (bicyclic) bond motifs is 1. The minimum Gasteiger partial charge on any atom is -0.467 e. The molecule has 0 spiro atoms. The van der Waals surface area contributed by atoms with Crippen LogP contribution in [0.5, 0.6) is 5.19 Å². The molecule has 2 aliphatic rings. The van der Waals surface area contributed by atoms with E-state index in [0.717, 1.165) is 48.5 Å². The van der Waals surface area contributed by atoms with Crippen LogP contribution in [0.15, 0.2) is 18.2 Å². The maximum Gasteiger partial charge on any atom is 0.274 e. The Morgan fingerprint density at radius 3 is 2.70 bits per heavy atom. The molecule has 146 valence electrons. The Labute approximate surface area is 169 Å². The van der Waals surface area contributed by atoms with Gasteiger partial charge in [0.05, 0.1) is 9.72 Å². The predicted octanol–water partition coefficient (Wildman–Crippen LogP) is 5.68. The molecular weight excluding hydrogens is 380 g/mol. The summed E-state index contributed by atoms with van der Waals surface area (Å²) in [7, 11) is 0. The standard InChI is InChI=1S/C21H27ClN2O2S/c22-17-7-4-8-18-20(17)23-21(27-18)26-16-11-13-24(14-12-16)19(25)10-9-15-5-2-1-3-6-15/h4,7-8,15-16H,1-3,5-6,9-14H2. The molecule has 6 heteroatoms. The highest BCUT2D eigenvalue weighted by molar-refractivity contribution is 7.20. The summed E-state index contributed by atoms with van der Waals surface area (Å²) in [6, 6.07) is 5.80. The second-order valence-corrected chi connectivity index (χ2v) is 9.21. The van der Waals surface area contributed by atoms with Crippen molar-refractivity contribution in [2.75, 3.05) is 13.1 Å². The topological polar surface area (TPSA) is 42.4 Å². The van der Waals surface area contributed by atoms with Gasteiger partial charge in [0.15, 0.2) is 0 Å². The third kappa shape index (κ3) is 4.75. The number of piperidine rings is 1. The van der Waals surface area contributed by atoms with Gasteiger partial charge in [0, 0.05) is 32.4 Å².